The molecule has 0 radical (unpaired) electrons. The molecule has 2 aliphatic rings. The fraction of sp³-hybridized carbons (Fsp3) is 0.444. The van der Waals surface area contributed by atoms with E-state index in [1.165, 1.54) is 17.1 Å². The number of benzene rings is 2. The van der Waals surface area contributed by atoms with Gasteiger partial charge in [-0.1, -0.05) is 35.9 Å². The van der Waals surface area contributed by atoms with Gasteiger partial charge in [-0.2, -0.15) is 5.10 Å². The van der Waals surface area contributed by atoms with E-state index >= 15 is 0 Å². The summed E-state index contributed by atoms with van der Waals surface area (Å²) in [5.74, 6) is -0.630. The van der Waals surface area contributed by atoms with Crippen molar-refractivity contribution in [3.8, 4) is 0 Å². The van der Waals surface area contributed by atoms with Gasteiger partial charge in [0.25, 0.3) is 5.91 Å². The first-order valence-electron chi connectivity index (χ1n) is 12.6. The van der Waals surface area contributed by atoms with Gasteiger partial charge in [0.1, 0.15) is 12.4 Å². The number of rotatable bonds is 8. The minimum Gasteiger partial charge on any atom is -0.379 e. The van der Waals surface area contributed by atoms with Gasteiger partial charge in [-0.15, -0.1) is 0 Å². The Hall–Kier alpha value is -3.01. The number of nitrogens with one attached hydrogen (secondary N) is 1. The number of hydrogen-bond donors (Lipinski definition) is 1. The molecule has 37 heavy (non-hydrogen) atoms. The molecule has 1 atom stereocenters. The largest absolute Gasteiger partial charge is 0.379 e. The molecule has 2 aromatic rings. The van der Waals surface area contributed by atoms with Gasteiger partial charge in [0.2, 0.25) is 0 Å². The van der Waals surface area contributed by atoms with E-state index in [9.17, 15) is 14.0 Å². The molecule has 1 saturated heterocycles. The van der Waals surface area contributed by atoms with Crippen molar-refractivity contribution in [2.75, 3.05) is 45.9 Å². The van der Waals surface area contributed by atoms with Gasteiger partial charge in [-0.3, -0.25) is 9.69 Å². The van der Waals surface area contributed by atoms with Crippen molar-refractivity contribution in [1.82, 2.24) is 20.1 Å². The second-order valence-corrected chi connectivity index (χ2v) is 9.98. The first kappa shape index (κ1) is 27.0. The zero-order valence-corrected chi connectivity index (χ0v) is 22.0. The van der Waals surface area contributed by atoms with E-state index in [2.05, 4.69) is 15.3 Å². The Balaban J connectivity index is 1.55. The van der Waals surface area contributed by atoms with Crippen LogP contribution >= 0.6 is 11.6 Å². The summed E-state index contributed by atoms with van der Waals surface area (Å²) in [6.45, 7) is 7.61. The molecule has 0 unspecified atom stereocenters. The Bertz CT molecular complexity index is 1100. The quantitative estimate of drug-likeness (QED) is 0.562. The van der Waals surface area contributed by atoms with Crippen molar-refractivity contribution in [2.24, 2.45) is 5.10 Å². The molecule has 8 nitrogen and oxygen atoms in total. The first-order valence-corrected chi connectivity index (χ1v) is 12.9. The third-order valence-electron chi connectivity index (χ3n) is 6.41. The SMILES string of the molecule is CC(C)NC(=O)N(CCN1CCOCC1)CC(=O)N1N=C(c2ccc(F)cc2)C[C@@H]1c1ccc(Cl)cc1. The van der Waals surface area contributed by atoms with E-state index in [0.29, 0.717) is 43.5 Å². The van der Waals surface area contributed by atoms with Crippen LogP contribution in [0.4, 0.5) is 9.18 Å². The number of urea groups is 1. The molecule has 3 amide bonds. The number of morpholine rings is 1. The van der Waals surface area contributed by atoms with Crippen LogP contribution in [0.1, 0.15) is 37.4 Å². The van der Waals surface area contributed by atoms with Crippen LogP contribution in [0, 0.1) is 5.82 Å². The molecule has 2 aromatic carbocycles. The van der Waals surface area contributed by atoms with Gasteiger partial charge in [-0.05, 0) is 49.2 Å². The molecule has 0 bridgehead atoms. The molecule has 198 valence electrons. The number of ether oxygens (including phenoxy) is 1. The second kappa shape index (κ2) is 12.5. The van der Waals surface area contributed by atoms with Crippen LogP contribution in [0.25, 0.3) is 0 Å². The molecule has 0 aliphatic carbocycles. The number of amides is 3. The number of nitrogens with zero attached hydrogens (tertiary/aromatic N) is 4. The van der Waals surface area contributed by atoms with Crippen LogP contribution in [-0.2, 0) is 9.53 Å². The molecule has 0 aromatic heterocycles. The van der Waals surface area contributed by atoms with E-state index in [1.807, 2.05) is 26.0 Å². The van der Waals surface area contributed by atoms with Gasteiger partial charge in [-0.25, -0.2) is 14.2 Å². The van der Waals surface area contributed by atoms with Gasteiger partial charge < -0.3 is 15.0 Å². The van der Waals surface area contributed by atoms with Crippen molar-refractivity contribution in [1.29, 1.82) is 0 Å². The number of halogens is 2. The number of hydrazone groups is 1. The summed E-state index contributed by atoms with van der Waals surface area (Å²) in [6, 6.07) is 12.7. The highest BCUT2D eigenvalue weighted by atomic mass is 35.5. The summed E-state index contributed by atoms with van der Waals surface area (Å²) in [7, 11) is 0. The third-order valence-corrected chi connectivity index (χ3v) is 6.67. The van der Waals surface area contributed by atoms with Crippen molar-refractivity contribution in [2.45, 2.75) is 32.4 Å². The molecule has 2 heterocycles. The summed E-state index contributed by atoms with van der Waals surface area (Å²) < 4.78 is 18.9. The average molecular weight is 530 g/mol. The van der Waals surface area contributed by atoms with Gasteiger partial charge in [0, 0.05) is 43.7 Å². The highest BCUT2D eigenvalue weighted by molar-refractivity contribution is 6.30. The molecule has 2 aliphatic heterocycles. The summed E-state index contributed by atoms with van der Waals surface area (Å²) in [5.41, 5.74) is 2.31. The Kier molecular flexibility index (Phi) is 9.13. The van der Waals surface area contributed by atoms with Crippen LogP contribution in [0.2, 0.25) is 5.02 Å². The van der Waals surface area contributed by atoms with Gasteiger partial charge in [0.05, 0.1) is 25.0 Å². The van der Waals surface area contributed by atoms with E-state index < -0.39 is 0 Å². The number of hydrogen-bond acceptors (Lipinski definition) is 5. The maximum Gasteiger partial charge on any atom is 0.318 e. The fourth-order valence-electron chi connectivity index (χ4n) is 4.41. The third kappa shape index (κ3) is 7.28. The summed E-state index contributed by atoms with van der Waals surface area (Å²) in [6.07, 6.45) is 0.463. The highest BCUT2D eigenvalue weighted by Gasteiger charge is 2.34. The molecule has 1 N–H and O–H groups in total. The molecule has 0 saturated carbocycles. The maximum atomic E-state index is 13.7. The van der Waals surface area contributed by atoms with Crippen molar-refractivity contribution >= 4 is 29.3 Å². The Morgan fingerprint density at radius 1 is 1.14 bits per heavy atom. The molecule has 0 spiro atoms. The zero-order valence-electron chi connectivity index (χ0n) is 21.2. The van der Waals surface area contributed by atoms with Crippen LogP contribution in [0.3, 0.4) is 0 Å². The summed E-state index contributed by atoms with van der Waals surface area (Å²) >= 11 is 6.09. The maximum absolute atomic E-state index is 13.7. The standard InChI is InChI=1S/C27H33ClFN5O3/c1-19(2)30-27(36)33(12-11-32-13-15-37-16-14-32)18-26(35)34-25(21-3-7-22(28)8-4-21)17-24(31-34)20-5-9-23(29)10-6-20/h3-10,19,25H,11-18H2,1-2H3,(H,30,36)/t25-/m1/s1. The van der Waals surface area contributed by atoms with E-state index in [0.717, 1.165) is 24.2 Å². The van der Waals surface area contributed by atoms with Crippen LogP contribution in [0.5, 0.6) is 0 Å². The Morgan fingerprint density at radius 3 is 2.46 bits per heavy atom. The summed E-state index contributed by atoms with van der Waals surface area (Å²) in [5, 5.41) is 9.60. The van der Waals surface area contributed by atoms with E-state index in [1.54, 1.807) is 29.2 Å². The van der Waals surface area contributed by atoms with E-state index in [4.69, 9.17) is 16.3 Å². The smallest absolute Gasteiger partial charge is 0.318 e. The fourth-order valence-corrected chi connectivity index (χ4v) is 4.54. The van der Waals surface area contributed by atoms with Crippen LogP contribution < -0.4 is 5.32 Å². The van der Waals surface area contributed by atoms with Gasteiger partial charge in [0.15, 0.2) is 0 Å². The lowest BCUT2D eigenvalue weighted by molar-refractivity contribution is -0.133. The number of carbonyl (C=O) groups excluding carboxylic acids is 2. The molecular weight excluding hydrogens is 497 g/mol. The average Bonchev–Trinajstić information content (AvgIpc) is 3.33. The lowest BCUT2D eigenvalue weighted by Gasteiger charge is -2.31. The monoisotopic (exact) mass is 529 g/mol. The van der Waals surface area contributed by atoms with Crippen LogP contribution in [0.15, 0.2) is 53.6 Å². The highest BCUT2D eigenvalue weighted by Crippen LogP contribution is 2.33. The Morgan fingerprint density at radius 2 is 1.81 bits per heavy atom. The van der Waals surface area contributed by atoms with Crippen molar-refractivity contribution < 1.29 is 18.7 Å². The predicted molar refractivity (Wildman–Crippen MR) is 141 cm³/mol. The van der Waals surface area contributed by atoms with Gasteiger partial charge >= 0.3 is 6.03 Å². The summed E-state index contributed by atoms with van der Waals surface area (Å²) in [4.78, 5) is 30.4. The second-order valence-electron chi connectivity index (χ2n) is 9.54. The molecular formula is C27H33ClFN5O3. The Labute approximate surface area is 222 Å². The normalized spacial score (nSPS) is 18.1. The lowest BCUT2D eigenvalue weighted by atomic mass is 9.98. The molecule has 4 rings (SSSR count). The minimum atomic E-state index is -0.362. The number of carbonyl (C=O) groups is 2. The first-order chi connectivity index (χ1) is 17.8. The lowest BCUT2D eigenvalue weighted by Crippen LogP contribution is -2.50. The van der Waals surface area contributed by atoms with E-state index in [-0.39, 0.29) is 36.4 Å². The molecule has 1 fully saturated rings. The predicted octanol–water partition coefficient (Wildman–Crippen LogP) is 3.91. The minimum absolute atomic E-state index is 0.0646. The van der Waals surface area contributed by atoms with Crippen molar-refractivity contribution in [3.63, 3.8) is 0 Å². The molecule has 10 heteroatoms. The zero-order chi connectivity index (χ0) is 26.4. The van der Waals surface area contributed by atoms with Crippen LogP contribution in [-0.4, -0.2) is 84.4 Å². The van der Waals surface area contributed by atoms with Crippen molar-refractivity contribution in [3.05, 3.63) is 70.5 Å². The topological polar surface area (TPSA) is 77.5 Å².